The first kappa shape index (κ1) is 33.8. The average molecular weight is 813 g/mol. The maximum absolute atomic E-state index is 7.25. The number of hydrogen-bond acceptors (Lipinski definition) is 1. The summed E-state index contributed by atoms with van der Waals surface area (Å²) in [5.74, 6) is 0. The Balaban J connectivity index is 1.30. The third-order valence-corrected chi connectivity index (χ3v) is 21.4. The second-order valence-corrected chi connectivity index (χ2v) is 22.4. The van der Waals surface area contributed by atoms with Crippen LogP contribution in [0.25, 0.3) is 76.5 Å². The van der Waals surface area contributed by atoms with Crippen LogP contribution in [0.1, 0.15) is 0 Å². The molecule has 3 heteroatoms. The van der Waals surface area contributed by atoms with E-state index < -0.39 is 20.1 Å². The van der Waals surface area contributed by atoms with Crippen LogP contribution in [0.5, 0.6) is 0 Å². The Hall–Kier alpha value is -7.04. The van der Waals surface area contributed by atoms with E-state index in [1.807, 2.05) is 0 Å². The van der Waals surface area contributed by atoms with Gasteiger partial charge in [0.05, 0.1) is 0 Å². The van der Waals surface area contributed by atoms with Gasteiger partial charge >= 0.3 is 0 Å². The quantitative estimate of drug-likeness (QED) is 0.161. The Morgan fingerprint density at radius 3 is 1.39 bits per heavy atom. The molecule has 0 unspecified atom stereocenters. The molecule has 11 aromatic carbocycles. The molecule has 0 aliphatic carbocycles. The molecule has 0 N–H and O–H groups in total. The summed E-state index contributed by atoms with van der Waals surface area (Å²) in [5, 5.41) is 10.3. The number of fused-ring (bicyclic) bond motifs is 9. The number of furan rings is 1. The van der Waals surface area contributed by atoms with Crippen LogP contribution >= 0.6 is 20.1 Å². The van der Waals surface area contributed by atoms with Gasteiger partial charge in [-0.05, 0) is 112 Å². The van der Waals surface area contributed by atoms with Gasteiger partial charge in [-0.25, -0.2) is 0 Å². The van der Waals surface area contributed by atoms with Gasteiger partial charge in [0, 0.05) is 71.7 Å². The fourth-order valence-corrected chi connectivity index (χ4v) is 19.7. The lowest BCUT2D eigenvalue weighted by Gasteiger charge is -2.48. The van der Waals surface area contributed by atoms with Crippen LogP contribution in [0.4, 0.5) is 0 Å². The largest absolute Gasteiger partial charge is 0.455 e. The summed E-state index contributed by atoms with van der Waals surface area (Å²) in [7, 11) is -4.01. The van der Waals surface area contributed by atoms with Crippen LogP contribution in [0.15, 0.2) is 262 Å². The fraction of sp³-hybridized carbons (Fsp3) is 0. The van der Waals surface area contributed by atoms with E-state index in [9.17, 15) is 0 Å². The second-order valence-electron chi connectivity index (χ2n) is 16.3. The first-order chi connectivity index (χ1) is 30.3. The maximum atomic E-state index is 7.25. The third kappa shape index (κ3) is 4.11. The number of para-hydroxylation sites is 1. The molecule has 1 aromatic heterocycles. The average Bonchev–Trinajstić information content (AvgIpc) is 3.73. The van der Waals surface area contributed by atoms with E-state index in [1.54, 1.807) is 0 Å². The highest BCUT2D eigenvalue weighted by molar-refractivity contribution is 8.34. The predicted molar refractivity (Wildman–Crippen MR) is 255 cm³/mol. The Bertz CT molecular complexity index is 3660. The lowest BCUT2D eigenvalue weighted by molar-refractivity contribution is 0.670. The molecule has 286 valence electrons. The third-order valence-electron chi connectivity index (χ3n) is 13.4. The molecule has 0 fully saturated rings. The zero-order valence-corrected chi connectivity index (χ0v) is 34.6. The van der Waals surface area contributed by atoms with Crippen molar-refractivity contribution >= 4 is 74.3 Å². The first-order valence-electron chi connectivity index (χ1n) is 21.0. The Kier molecular flexibility index (Phi) is 6.79. The molecule has 14 rings (SSSR count). The van der Waals surface area contributed by atoms with Crippen LogP contribution in [-0.4, -0.2) is 0 Å². The SMILES string of the molecule is c1ccc(S2(c3ccccc3)c3ccccc3-c3ccc4cc5c6c(c7oc8ccccc8c7c7cc2c3c4c67)-c2ccccc2S5(c2ccccc2)c2ccccc2)cc1. The van der Waals surface area contributed by atoms with Gasteiger partial charge in [-0.1, -0.05) is 140 Å². The van der Waals surface area contributed by atoms with Gasteiger partial charge in [-0.2, -0.15) is 0 Å². The predicted octanol–water partition coefficient (Wildman–Crippen LogP) is 17.1. The summed E-state index contributed by atoms with van der Waals surface area (Å²) in [6.07, 6.45) is 0. The summed E-state index contributed by atoms with van der Waals surface area (Å²) in [5.41, 5.74) is 6.99. The van der Waals surface area contributed by atoms with E-state index in [2.05, 4.69) is 218 Å². The van der Waals surface area contributed by atoms with Crippen molar-refractivity contribution in [2.45, 2.75) is 39.2 Å². The molecule has 0 bridgehead atoms. The van der Waals surface area contributed by atoms with Gasteiger partial charge in [0.1, 0.15) is 11.2 Å². The maximum Gasteiger partial charge on any atom is 0.144 e. The molecule has 0 radical (unpaired) electrons. The van der Waals surface area contributed by atoms with E-state index in [0.29, 0.717) is 0 Å². The van der Waals surface area contributed by atoms with Crippen molar-refractivity contribution in [1.29, 1.82) is 0 Å². The molecule has 3 heterocycles. The van der Waals surface area contributed by atoms with E-state index in [1.165, 1.54) is 99.1 Å². The first-order valence-corrected chi connectivity index (χ1v) is 24.2. The van der Waals surface area contributed by atoms with Crippen LogP contribution in [0.2, 0.25) is 0 Å². The minimum atomic E-state index is -2.01. The van der Waals surface area contributed by atoms with Crippen LogP contribution < -0.4 is 0 Å². The summed E-state index contributed by atoms with van der Waals surface area (Å²) >= 11 is 0. The van der Waals surface area contributed by atoms with Crippen LogP contribution in [-0.2, 0) is 0 Å². The highest BCUT2D eigenvalue weighted by atomic mass is 32.3. The molecule has 0 spiro atoms. The molecular formula is C58H36OS2. The Labute approximate surface area is 356 Å². The van der Waals surface area contributed by atoms with Gasteiger partial charge in [-0.3, -0.25) is 0 Å². The second kappa shape index (κ2) is 12.3. The zero-order valence-electron chi connectivity index (χ0n) is 33.0. The summed E-state index contributed by atoms with van der Waals surface area (Å²) in [4.78, 5) is 10.9. The van der Waals surface area contributed by atoms with E-state index in [0.717, 1.165) is 16.6 Å². The standard InChI is InChI=1S/C58H36OS2/c1-5-19-38(20-6-1)60(39-21-7-2-8-22-39)48-31-17-14-27-42(48)43-34-33-37-35-50-57-55-46(36-51(60)54(43)52(37)55)53-44-28-13-16-30-47(44)59-58(53)56(57)45-29-15-18-32-49(45)61(50,40-23-9-3-10-24-40)41-25-11-4-12-26-41/h1-36H. The molecule has 61 heavy (non-hydrogen) atoms. The molecule has 2 aliphatic rings. The van der Waals surface area contributed by atoms with E-state index in [-0.39, 0.29) is 0 Å². The van der Waals surface area contributed by atoms with Gasteiger partial charge in [-0.15, -0.1) is 20.1 Å². The fourth-order valence-electron chi connectivity index (χ4n) is 11.2. The molecule has 0 saturated carbocycles. The minimum absolute atomic E-state index is 0.919. The molecule has 0 amide bonds. The highest BCUT2D eigenvalue weighted by Gasteiger charge is 2.45. The highest BCUT2D eigenvalue weighted by Crippen LogP contribution is 2.82. The topological polar surface area (TPSA) is 13.1 Å². The molecule has 12 aromatic rings. The Morgan fingerprint density at radius 1 is 0.295 bits per heavy atom. The van der Waals surface area contributed by atoms with Crippen molar-refractivity contribution in [3.8, 4) is 22.3 Å². The number of benzene rings is 11. The van der Waals surface area contributed by atoms with Crippen molar-refractivity contribution in [2.24, 2.45) is 0 Å². The van der Waals surface area contributed by atoms with Crippen LogP contribution in [0, 0.1) is 0 Å². The summed E-state index contributed by atoms with van der Waals surface area (Å²) < 4.78 is 7.25. The molecule has 1 nitrogen and oxygen atoms in total. The van der Waals surface area contributed by atoms with Crippen LogP contribution in [0.3, 0.4) is 0 Å². The summed E-state index contributed by atoms with van der Waals surface area (Å²) in [6, 6.07) is 82.6. The minimum Gasteiger partial charge on any atom is -0.455 e. The molecule has 0 atom stereocenters. The molecule has 0 saturated heterocycles. The normalized spacial score (nSPS) is 15.5. The molecule has 2 aliphatic heterocycles. The number of rotatable bonds is 4. The number of hydrogen-bond donors (Lipinski definition) is 0. The van der Waals surface area contributed by atoms with Crippen molar-refractivity contribution in [2.75, 3.05) is 0 Å². The van der Waals surface area contributed by atoms with Gasteiger partial charge < -0.3 is 4.42 Å². The van der Waals surface area contributed by atoms with Gasteiger partial charge in [0.2, 0.25) is 0 Å². The van der Waals surface area contributed by atoms with Gasteiger partial charge in [0.15, 0.2) is 0 Å². The van der Waals surface area contributed by atoms with E-state index >= 15 is 0 Å². The Morgan fingerprint density at radius 2 is 0.787 bits per heavy atom. The smallest absolute Gasteiger partial charge is 0.144 e. The van der Waals surface area contributed by atoms with Crippen molar-refractivity contribution in [1.82, 2.24) is 0 Å². The van der Waals surface area contributed by atoms with Crippen molar-refractivity contribution < 1.29 is 4.42 Å². The lowest BCUT2D eigenvalue weighted by Crippen LogP contribution is -2.13. The molecular weight excluding hydrogens is 777 g/mol. The lowest BCUT2D eigenvalue weighted by atomic mass is 9.85. The monoisotopic (exact) mass is 812 g/mol. The zero-order chi connectivity index (χ0) is 39.9. The van der Waals surface area contributed by atoms with Crippen molar-refractivity contribution in [3.05, 3.63) is 218 Å². The summed E-state index contributed by atoms with van der Waals surface area (Å²) in [6.45, 7) is 0. The van der Waals surface area contributed by atoms with E-state index in [4.69, 9.17) is 4.42 Å². The van der Waals surface area contributed by atoms with Gasteiger partial charge in [0.25, 0.3) is 0 Å². The van der Waals surface area contributed by atoms with Crippen molar-refractivity contribution in [3.63, 3.8) is 0 Å².